The zero-order valence-electron chi connectivity index (χ0n) is 25.1. The lowest BCUT2D eigenvalue weighted by Gasteiger charge is -2.32. The third-order valence-corrected chi connectivity index (χ3v) is 6.51. The van der Waals surface area contributed by atoms with Gasteiger partial charge in [0, 0.05) is 0 Å². The highest BCUT2D eigenvalue weighted by Gasteiger charge is 2.52. The largest absolute Gasteiger partial charge is 0.464 e. The summed E-state index contributed by atoms with van der Waals surface area (Å²) in [4.78, 5) is 52.2. The summed E-state index contributed by atoms with van der Waals surface area (Å²) in [6.45, 7) is 8.73. The Morgan fingerprint density at radius 2 is 1.32 bits per heavy atom. The summed E-state index contributed by atoms with van der Waals surface area (Å²) in [5.74, 6) is -2.91. The smallest absolute Gasteiger partial charge is 0.416 e. The van der Waals surface area contributed by atoms with Crippen LogP contribution in [0, 0.1) is 0 Å². The first-order valence-electron chi connectivity index (χ1n) is 14.6. The highest BCUT2D eigenvalue weighted by atomic mass is 16.6. The van der Waals surface area contributed by atoms with Gasteiger partial charge in [0.25, 0.3) is 0 Å². The van der Waals surface area contributed by atoms with E-state index in [1.165, 1.54) is 49.8 Å². The van der Waals surface area contributed by atoms with Crippen molar-refractivity contribution in [3.63, 3.8) is 0 Å². The van der Waals surface area contributed by atoms with Crippen molar-refractivity contribution >= 4 is 24.0 Å². The van der Waals surface area contributed by atoms with Crippen molar-refractivity contribution in [1.82, 2.24) is 5.32 Å². The minimum absolute atomic E-state index is 0.0316. The summed E-state index contributed by atoms with van der Waals surface area (Å²) in [6.07, 6.45) is 7.18. The van der Waals surface area contributed by atoms with Crippen molar-refractivity contribution in [1.29, 1.82) is 0 Å². The molecule has 1 amide bonds. The maximum absolute atomic E-state index is 13.5. The molecule has 0 aliphatic carbocycles. The normalized spacial score (nSPS) is 12.6. The van der Waals surface area contributed by atoms with Crippen molar-refractivity contribution in [3.05, 3.63) is 71.3 Å². The molecule has 41 heavy (non-hydrogen) atoms. The van der Waals surface area contributed by atoms with Gasteiger partial charge < -0.3 is 14.2 Å². The number of carbonyl (C=O) groups is 4. The third-order valence-electron chi connectivity index (χ3n) is 6.51. The van der Waals surface area contributed by atoms with E-state index in [1.54, 1.807) is 45.9 Å². The number of aryl methyl sites for hydroxylation is 2. The molecule has 0 fully saturated rings. The number of benzene rings is 2. The van der Waals surface area contributed by atoms with Gasteiger partial charge in [-0.2, -0.15) is 0 Å². The van der Waals surface area contributed by atoms with Crippen molar-refractivity contribution in [2.24, 2.45) is 0 Å². The number of amides is 1. The fourth-order valence-electron chi connectivity index (χ4n) is 4.30. The lowest BCUT2D eigenvalue weighted by atomic mass is 9.90. The summed E-state index contributed by atoms with van der Waals surface area (Å²) in [5.41, 5.74) is -0.964. The molecule has 0 bridgehead atoms. The van der Waals surface area contributed by atoms with E-state index in [2.05, 4.69) is 12.2 Å². The molecule has 0 saturated carbocycles. The maximum atomic E-state index is 13.5. The summed E-state index contributed by atoms with van der Waals surface area (Å²) in [6, 6.07) is 15.9. The van der Waals surface area contributed by atoms with Gasteiger partial charge >= 0.3 is 24.0 Å². The monoisotopic (exact) mass is 567 g/mol. The molecule has 2 rings (SSSR count). The maximum Gasteiger partial charge on any atom is 0.416 e. The van der Waals surface area contributed by atoms with Crippen LogP contribution in [0.2, 0.25) is 0 Å². The second kappa shape index (κ2) is 16.6. The molecular weight excluding hydrogens is 522 g/mol. The van der Waals surface area contributed by atoms with Crippen LogP contribution in [0.15, 0.2) is 54.6 Å². The quantitative estimate of drug-likeness (QED) is 0.110. The van der Waals surface area contributed by atoms with Crippen LogP contribution in [-0.4, -0.2) is 41.7 Å². The van der Waals surface area contributed by atoms with Gasteiger partial charge in [-0.3, -0.25) is 5.32 Å². The van der Waals surface area contributed by atoms with Crippen molar-refractivity contribution < 1.29 is 33.4 Å². The van der Waals surface area contributed by atoms with Gasteiger partial charge in [-0.05, 0) is 76.6 Å². The summed E-state index contributed by atoms with van der Waals surface area (Å²) in [7, 11) is 0. The fourth-order valence-corrected chi connectivity index (χ4v) is 4.30. The van der Waals surface area contributed by atoms with E-state index in [9.17, 15) is 19.2 Å². The molecule has 0 aromatic heterocycles. The van der Waals surface area contributed by atoms with Gasteiger partial charge in [-0.1, -0.05) is 81.5 Å². The number of unbranched alkanes of at least 4 members (excludes halogenated alkanes) is 5. The summed E-state index contributed by atoms with van der Waals surface area (Å²) in [5, 5.41) is 2.34. The van der Waals surface area contributed by atoms with Crippen LogP contribution in [0.4, 0.5) is 4.79 Å². The predicted molar refractivity (Wildman–Crippen MR) is 157 cm³/mol. The topological polar surface area (TPSA) is 108 Å². The zero-order chi connectivity index (χ0) is 30.3. The number of alkyl carbamates (subject to hydrolysis) is 1. The van der Waals surface area contributed by atoms with Gasteiger partial charge in [0.2, 0.25) is 5.54 Å². The van der Waals surface area contributed by atoms with Gasteiger partial charge in [0.1, 0.15) is 5.60 Å². The van der Waals surface area contributed by atoms with Crippen molar-refractivity contribution in [3.8, 4) is 0 Å². The average Bonchev–Trinajstić information content (AvgIpc) is 2.93. The predicted octanol–water partition coefficient (Wildman–Crippen LogP) is 6.73. The molecule has 0 radical (unpaired) electrons. The molecule has 1 N–H and O–H groups in total. The first kappa shape index (κ1) is 33.5. The lowest BCUT2D eigenvalue weighted by Crippen LogP contribution is -2.62. The van der Waals surface area contributed by atoms with Crippen LogP contribution >= 0.6 is 0 Å². The molecule has 8 nitrogen and oxygen atoms in total. The standard InChI is InChI=1S/C33H45NO7/c1-6-8-9-10-11-13-16-25-19-21-26(22-20-25)23-24-33(29(36)39-7-2,30(37)41-32(3,4)5)34-31(38)40-28(35)27-17-14-12-15-18-27/h12,14-15,17-22H,6-11,13,16,23-24H2,1-5H3,(H,34,38). The molecule has 224 valence electrons. The molecule has 0 aliphatic rings. The van der Waals surface area contributed by atoms with E-state index < -0.39 is 35.1 Å². The van der Waals surface area contributed by atoms with Gasteiger partial charge in [0.15, 0.2) is 0 Å². The highest BCUT2D eigenvalue weighted by molar-refractivity contribution is 6.08. The Balaban J connectivity index is 2.21. The lowest BCUT2D eigenvalue weighted by molar-refractivity contribution is -0.173. The number of nitrogens with one attached hydrogen (secondary N) is 1. The molecule has 0 heterocycles. The molecule has 1 unspecified atom stereocenters. The Morgan fingerprint density at radius 3 is 1.90 bits per heavy atom. The first-order valence-corrected chi connectivity index (χ1v) is 14.6. The fraction of sp³-hybridized carbons (Fsp3) is 0.515. The van der Waals surface area contributed by atoms with E-state index in [-0.39, 0.29) is 25.0 Å². The van der Waals surface area contributed by atoms with Crippen LogP contribution in [0.3, 0.4) is 0 Å². The Morgan fingerprint density at radius 1 is 0.732 bits per heavy atom. The van der Waals surface area contributed by atoms with Gasteiger partial charge in [-0.15, -0.1) is 0 Å². The Labute approximate surface area is 244 Å². The molecule has 1 atom stereocenters. The highest BCUT2D eigenvalue weighted by Crippen LogP contribution is 2.24. The number of hydrogen-bond acceptors (Lipinski definition) is 7. The van der Waals surface area contributed by atoms with Crippen LogP contribution in [0.1, 0.15) is 101 Å². The van der Waals surface area contributed by atoms with E-state index in [0.29, 0.717) is 0 Å². The van der Waals surface area contributed by atoms with Crippen LogP contribution in [0.5, 0.6) is 0 Å². The van der Waals surface area contributed by atoms with E-state index >= 15 is 0 Å². The number of ether oxygens (including phenoxy) is 3. The van der Waals surface area contributed by atoms with Gasteiger partial charge in [0.05, 0.1) is 12.2 Å². The van der Waals surface area contributed by atoms with Crippen LogP contribution in [-0.2, 0) is 36.6 Å². The second-order valence-electron chi connectivity index (χ2n) is 11.1. The van der Waals surface area contributed by atoms with Crippen LogP contribution < -0.4 is 5.32 Å². The minimum Gasteiger partial charge on any atom is -0.464 e. The Kier molecular flexibility index (Phi) is 13.5. The molecular formula is C33H45NO7. The number of rotatable bonds is 15. The molecule has 0 saturated heterocycles. The van der Waals surface area contributed by atoms with Crippen LogP contribution in [0.25, 0.3) is 0 Å². The molecule has 2 aromatic carbocycles. The minimum atomic E-state index is -2.23. The summed E-state index contributed by atoms with van der Waals surface area (Å²) >= 11 is 0. The molecule has 0 aliphatic heterocycles. The zero-order valence-corrected chi connectivity index (χ0v) is 25.1. The van der Waals surface area contributed by atoms with E-state index in [0.717, 1.165) is 18.4 Å². The van der Waals surface area contributed by atoms with E-state index in [4.69, 9.17) is 14.2 Å². The molecule has 8 heteroatoms. The number of carbonyl (C=O) groups excluding carboxylic acids is 4. The Hall–Kier alpha value is -3.68. The molecule has 2 aromatic rings. The third kappa shape index (κ3) is 11.4. The average molecular weight is 568 g/mol. The SMILES string of the molecule is CCCCCCCCc1ccc(CCC(NC(=O)OC(=O)c2ccccc2)(C(=O)OCC)C(=O)OC(C)(C)C)cc1. The molecule has 0 spiro atoms. The first-order chi connectivity index (χ1) is 19.5. The number of hydrogen-bond donors (Lipinski definition) is 1. The Bertz CT molecular complexity index is 1120. The van der Waals surface area contributed by atoms with Crippen molar-refractivity contribution in [2.75, 3.05) is 6.61 Å². The van der Waals surface area contributed by atoms with E-state index in [1.807, 2.05) is 24.3 Å². The number of esters is 3. The summed E-state index contributed by atoms with van der Waals surface area (Å²) < 4.78 is 15.7. The van der Waals surface area contributed by atoms with Gasteiger partial charge in [-0.25, -0.2) is 19.2 Å². The van der Waals surface area contributed by atoms with Crippen molar-refractivity contribution in [2.45, 2.75) is 104 Å². The second-order valence-corrected chi connectivity index (χ2v) is 11.1.